The molecule has 1 rings (SSSR count). The van der Waals surface area contributed by atoms with E-state index in [9.17, 15) is 19.2 Å². The molecule has 0 aliphatic carbocycles. The first-order valence-electron chi connectivity index (χ1n) is 14.2. The fourth-order valence-electron chi connectivity index (χ4n) is 4.64. The third-order valence-corrected chi connectivity index (χ3v) is 6.42. The Morgan fingerprint density at radius 2 is 1.59 bits per heavy atom. The topological polar surface area (TPSA) is 131 Å². The molecule has 0 bridgehead atoms. The summed E-state index contributed by atoms with van der Waals surface area (Å²) in [5.74, 6) is -1.60. The number of hydrogen-bond acceptors (Lipinski definition) is 5. The highest BCUT2D eigenvalue weighted by Gasteiger charge is 2.38. The van der Waals surface area contributed by atoms with Gasteiger partial charge in [0.05, 0.1) is 6.42 Å². The molecule has 1 aromatic rings. The van der Waals surface area contributed by atoms with E-state index in [1.54, 1.807) is 20.8 Å². The van der Waals surface area contributed by atoms with Crippen LogP contribution in [0.4, 0.5) is 4.79 Å². The molecule has 3 atom stereocenters. The Morgan fingerprint density at radius 1 is 0.974 bits per heavy atom. The molecule has 4 amide bonds. The second kappa shape index (κ2) is 16.1. The van der Waals surface area contributed by atoms with E-state index < -0.39 is 42.0 Å². The molecular formula is C30H50N4O5. The van der Waals surface area contributed by atoms with Crippen molar-refractivity contribution >= 4 is 23.8 Å². The van der Waals surface area contributed by atoms with Gasteiger partial charge in [0.25, 0.3) is 0 Å². The van der Waals surface area contributed by atoms with Gasteiger partial charge in [-0.2, -0.15) is 0 Å². The van der Waals surface area contributed by atoms with Crippen LogP contribution in [-0.4, -0.2) is 52.9 Å². The molecule has 0 fully saturated rings. The van der Waals surface area contributed by atoms with Crippen LogP contribution >= 0.6 is 0 Å². The molecule has 4 N–H and O–H groups in total. The molecule has 9 heteroatoms. The van der Waals surface area contributed by atoms with E-state index in [0.717, 1.165) is 48.8 Å². The van der Waals surface area contributed by atoms with Crippen LogP contribution in [0, 0.1) is 13.8 Å². The summed E-state index contributed by atoms with van der Waals surface area (Å²) >= 11 is 0. The summed E-state index contributed by atoms with van der Waals surface area (Å²) < 4.78 is 5.35. The molecule has 0 saturated carbocycles. The molecule has 0 heterocycles. The van der Waals surface area contributed by atoms with E-state index in [1.165, 1.54) is 4.90 Å². The van der Waals surface area contributed by atoms with E-state index in [1.807, 2.05) is 45.9 Å². The van der Waals surface area contributed by atoms with Crippen LogP contribution in [0.3, 0.4) is 0 Å². The van der Waals surface area contributed by atoms with Crippen LogP contribution in [0.2, 0.25) is 0 Å². The second-order valence-corrected chi connectivity index (χ2v) is 11.4. The summed E-state index contributed by atoms with van der Waals surface area (Å²) in [5.41, 5.74) is 7.16. The second-order valence-electron chi connectivity index (χ2n) is 11.4. The summed E-state index contributed by atoms with van der Waals surface area (Å²) in [6, 6.07) is 3.42. The van der Waals surface area contributed by atoms with E-state index >= 15 is 0 Å². The zero-order valence-corrected chi connectivity index (χ0v) is 25.2. The van der Waals surface area contributed by atoms with Gasteiger partial charge < -0.3 is 26.0 Å². The van der Waals surface area contributed by atoms with Gasteiger partial charge in [-0.05, 0) is 71.1 Å². The number of ether oxygens (including phenoxy) is 1. The molecule has 0 aliphatic rings. The fraction of sp³-hybridized carbons (Fsp3) is 0.667. The predicted molar refractivity (Wildman–Crippen MR) is 154 cm³/mol. The van der Waals surface area contributed by atoms with Crippen LogP contribution in [0.1, 0.15) is 109 Å². The minimum Gasteiger partial charge on any atom is -0.444 e. The molecular weight excluding hydrogens is 496 g/mol. The van der Waals surface area contributed by atoms with Crippen molar-refractivity contribution in [2.45, 2.75) is 124 Å². The molecule has 220 valence electrons. The van der Waals surface area contributed by atoms with E-state index in [2.05, 4.69) is 17.6 Å². The van der Waals surface area contributed by atoms with Crippen molar-refractivity contribution in [3.63, 3.8) is 0 Å². The number of carbonyl (C=O) groups excluding carboxylic acids is 4. The average molecular weight is 547 g/mol. The lowest BCUT2D eigenvalue weighted by atomic mass is 9.93. The number of amides is 4. The average Bonchev–Trinajstić information content (AvgIpc) is 2.80. The molecule has 0 saturated heterocycles. The third kappa shape index (κ3) is 11.7. The lowest BCUT2D eigenvalue weighted by Gasteiger charge is -2.36. The van der Waals surface area contributed by atoms with Crippen molar-refractivity contribution in [1.82, 2.24) is 15.5 Å². The molecule has 0 radical (unpaired) electrons. The van der Waals surface area contributed by atoms with Crippen LogP contribution in [0.5, 0.6) is 0 Å². The first-order valence-corrected chi connectivity index (χ1v) is 14.2. The number of primary amides is 1. The lowest BCUT2D eigenvalue weighted by molar-refractivity contribution is -0.143. The quantitative estimate of drug-likeness (QED) is 0.271. The van der Waals surface area contributed by atoms with Gasteiger partial charge in [0.15, 0.2) is 0 Å². The Morgan fingerprint density at radius 3 is 2.10 bits per heavy atom. The molecule has 0 aromatic heterocycles. The van der Waals surface area contributed by atoms with Crippen molar-refractivity contribution in [3.05, 3.63) is 34.9 Å². The molecule has 3 unspecified atom stereocenters. The first kappa shape index (κ1) is 33.9. The number of benzene rings is 1. The molecule has 39 heavy (non-hydrogen) atoms. The largest absolute Gasteiger partial charge is 0.444 e. The number of hydrogen-bond donors (Lipinski definition) is 3. The number of alkyl carbamates (subject to hydrolysis) is 1. The van der Waals surface area contributed by atoms with E-state index in [0.29, 0.717) is 6.42 Å². The monoisotopic (exact) mass is 546 g/mol. The maximum atomic E-state index is 14.2. The number of nitrogens with one attached hydrogen (secondary N) is 2. The predicted octanol–water partition coefficient (Wildman–Crippen LogP) is 4.83. The van der Waals surface area contributed by atoms with Gasteiger partial charge in [0, 0.05) is 12.6 Å². The number of nitrogens with two attached hydrogens (primary N) is 1. The highest BCUT2D eigenvalue weighted by atomic mass is 16.6. The third-order valence-electron chi connectivity index (χ3n) is 6.42. The number of rotatable bonds is 15. The summed E-state index contributed by atoms with van der Waals surface area (Å²) in [6.07, 6.45) is 3.96. The number of nitrogens with zero attached hydrogens (tertiary/aromatic N) is 1. The zero-order valence-electron chi connectivity index (χ0n) is 25.2. The van der Waals surface area contributed by atoms with Gasteiger partial charge in [-0.1, -0.05) is 57.7 Å². The van der Waals surface area contributed by atoms with Crippen LogP contribution in [-0.2, 0) is 19.1 Å². The maximum absolute atomic E-state index is 14.2. The van der Waals surface area contributed by atoms with Crippen molar-refractivity contribution in [2.75, 3.05) is 6.54 Å². The molecule has 0 spiro atoms. The number of unbranched alkanes of at least 4 members (excludes halogenated alkanes) is 3. The highest BCUT2D eigenvalue weighted by Crippen LogP contribution is 2.29. The minimum absolute atomic E-state index is 0.0901. The smallest absolute Gasteiger partial charge is 0.408 e. The summed E-state index contributed by atoms with van der Waals surface area (Å²) in [6.45, 7) is 15.3. The minimum atomic E-state index is -1.28. The van der Waals surface area contributed by atoms with Gasteiger partial charge in [-0.3, -0.25) is 14.4 Å². The van der Waals surface area contributed by atoms with Crippen LogP contribution in [0.15, 0.2) is 18.2 Å². The summed E-state index contributed by atoms with van der Waals surface area (Å²) in [7, 11) is 0. The SMILES string of the molecule is CCCCCCN(C(=O)C(CC(N)=O)NC(=O)OC(C)(C)C)C(C(=O)NC(C)CCC)c1c(C)cccc1C. The van der Waals surface area contributed by atoms with Gasteiger partial charge in [-0.15, -0.1) is 0 Å². The maximum Gasteiger partial charge on any atom is 0.408 e. The molecule has 0 aliphatic heterocycles. The van der Waals surface area contributed by atoms with E-state index in [-0.39, 0.29) is 18.5 Å². The molecule has 9 nitrogen and oxygen atoms in total. The Kier molecular flexibility index (Phi) is 14.0. The lowest BCUT2D eigenvalue weighted by Crippen LogP contribution is -2.55. The summed E-state index contributed by atoms with van der Waals surface area (Å²) in [4.78, 5) is 54.2. The van der Waals surface area contributed by atoms with Crippen molar-refractivity contribution in [2.24, 2.45) is 5.73 Å². The van der Waals surface area contributed by atoms with Crippen molar-refractivity contribution in [3.8, 4) is 0 Å². The first-order chi connectivity index (χ1) is 18.2. The Hall–Kier alpha value is -3.10. The zero-order chi connectivity index (χ0) is 29.8. The van der Waals surface area contributed by atoms with Crippen LogP contribution in [0.25, 0.3) is 0 Å². The van der Waals surface area contributed by atoms with Gasteiger partial charge in [-0.25, -0.2) is 4.79 Å². The Labute approximate surface area is 234 Å². The van der Waals surface area contributed by atoms with Gasteiger partial charge in [0.1, 0.15) is 17.7 Å². The normalized spacial score (nSPS) is 13.6. The van der Waals surface area contributed by atoms with Gasteiger partial charge in [0.2, 0.25) is 17.7 Å². The van der Waals surface area contributed by atoms with Gasteiger partial charge >= 0.3 is 6.09 Å². The Balaban J connectivity index is 3.62. The number of carbonyl (C=O) groups is 4. The fourth-order valence-corrected chi connectivity index (χ4v) is 4.64. The highest BCUT2D eigenvalue weighted by molar-refractivity contribution is 5.94. The standard InChI is InChI=1S/C30H50N4O5/c1-9-11-12-13-18-34(28(37)23(19-24(31)35)33-29(38)39-30(6,7)8)26(27(36)32-22(5)15-10-2)25-20(3)16-14-17-21(25)4/h14,16-17,22-23,26H,9-13,15,18-19H2,1-8H3,(H2,31,35)(H,32,36)(H,33,38). The van der Waals surface area contributed by atoms with Crippen molar-refractivity contribution < 1.29 is 23.9 Å². The Bertz CT molecular complexity index is 952. The van der Waals surface area contributed by atoms with E-state index in [4.69, 9.17) is 10.5 Å². The summed E-state index contributed by atoms with van der Waals surface area (Å²) in [5, 5.41) is 5.62. The van der Waals surface area contributed by atoms with Crippen LogP contribution < -0.4 is 16.4 Å². The molecule has 1 aromatic carbocycles. The van der Waals surface area contributed by atoms with Crippen molar-refractivity contribution in [1.29, 1.82) is 0 Å². The number of aryl methyl sites for hydroxylation is 2.